The summed E-state index contributed by atoms with van der Waals surface area (Å²) in [6.07, 6.45) is 0.817. The molecule has 0 bridgehead atoms. The Kier molecular flexibility index (Phi) is 4.37. The van der Waals surface area contributed by atoms with E-state index in [-0.39, 0.29) is 6.04 Å². The summed E-state index contributed by atoms with van der Waals surface area (Å²) in [4.78, 5) is 0. The molecule has 0 aliphatic carbocycles. The van der Waals surface area contributed by atoms with Gasteiger partial charge in [-0.2, -0.15) is 0 Å². The third-order valence-corrected chi connectivity index (χ3v) is 2.91. The maximum Gasteiger partial charge on any atom is 0.119 e. The van der Waals surface area contributed by atoms with Gasteiger partial charge in [0.25, 0.3) is 0 Å². The van der Waals surface area contributed by atoms with Crippen LogP contribution in [0.25, 0.3) is 0 Å². The fourth-order valence-corrected chi connectivity index (χ4v) is 1.88. The van der Waals surface area contributed by atoms with Crippen molar-refractivity contribution in [2.24, 2.45) is 5.73 Å². The largest absolute Gasteiger partial charge is 0.494 e. The Morgan fingerprint density at radius 2 is 1.83 bits per heavy atom. The van der Waals surface area contributed by atoms with E-state index in [9.17, 15) is 0 Å². The van der Waals surface area contributed by atoms with Crippen molar-refractivity contribution >= 4 is 0 Å². The lowest BCUT2D eigenvalue weighted by atomic mass is 10.1. The second-order valence-electron chi connectivity index (χ2n) is 4.47. The predicted molar refractivity (Wildman–Crippen MR) is 74.7 cm³/mol. The first kappa shape index (κ1) is 12.7. The minimum Gasteiger partial charge on any atom is -0.494 e. The zero-order valence-electron chi connectivity index (χ0n) is 10.7. The first-order valence-corrected chi connectivity index (χ1v) is 6.26. The van der Waals surface area contributed by atoms with E-state index < -0.39 is 0 Å². The van der Waals surface area contributed by atoms with E-state index in [0.29, 0.717) is 6.61 Å². The van der Waals surface area contributed by atoms with Gasteiger partial charge in [-0.25, -0.2) is 0 Å². The third kappa shape index (κ3) is 3.60. The minimum atomic E-state index is 0.0380. The number of aryl methyl sites for hydroxylation is 1. The van der Waals surface area contributed by atoms with Gasteiger partial charge in [0.15, 0.2) is 0 Å². The minimum absolute atomic E-state index is 0.0380. The molecule has 0 aromatic heterocycles. The van der Waals surface area contributed by atoms with Crippen molar-refractivity contribution < 1.29 is 4.74 Å². The second kappa shape index (κ2) is 6.22. The molecule has 2 aromatic rings. The van der Waals surface area contributed by atoms with Crippen LogP contribution in [0.1, 0.15) is 23.6 Å². The van der Waals surface area contributed by atoms with Gasteiger partial charge in [-0.1, -0.05) is 42.5 Å². The van der Waals surface area contributed by atoms with Crippen LogP contribution in [0.5, 0.6) is 5.75 Å². The molecule has 0 fully saturated rings. The maximum atomic E-state index is 6.11. The highest BCUT2D eigenvalue weighted by Crippen LogP contribution is 2.16. The fourth-order valence-electron chi connectivity index (χ4n) is 1.88. The van der Waals surface area contributed by atoms with E-state index in [4.69, 9.17) is 10.5 Å². The normalized spacial score (nSPS) is 12.1. The summed E-state index contributed by atoms with van der Waals surface area (Å²) in [6.45, 7) is 2.70. The number of nitrogens with two attached hydrogens (primary N) is 1. The lowest BCUT2D eigenvalue weighted by Gasteiger charge is -2.13. The number of hydrogen-bond acceptors (Lipinski definition) is 2. The van der Waals surface area contributed by atoms with Crippen LogP contribution in [0.3, 0.4) is 0 Å². The van der Waals surface area contributed by atoms with Gasteiger partial charge in [-0.05, 0) is 30.2 Å². The summed E-state index contributed by atoms with van der Waals surface area (Å²) in [5, 5.41) is 0. The van der Waals surface area contributed by atoms with Crippen molar-refractivity contribution in [3.8, 4) is 5.75 Å². The molecule has 0 aliphatic heterocycles. The molecular formula is C16H19NO. The monoisotopic (exact) mass is 241 g/mol. The Morgan fingerprint density at radius 1 is 1.06 bits per heavy atom. The summed E-state index contributed by atoms with van der Waals surface area (Å²) in [5.74, 6) is 0.912. The molecular weight excluding hydrogens is 222 g/mol. The molecule has 0 heterocycles. The van der Waals surface area contributed by atoms with Crippen LogP contribution in [-0.4, -0.2) is 6.61 Å². The van der Waals surface area contributed by atoms with E-state index >= 15 is 0 Å². The van der Waals surface area contributed by atoms with Crippen LogP contribution in [-0.2, 0) is 0 Å². The molecule has 2 N–H and O–H groups in total. The Hall–Kier alpha value is -1.80. The highest BCUT2D eigenvalue weighted by atomic mass is 16.5. The van der Waals surface area contributed by atoms with E-state index in [1.807, 2.05) is 36.4 Å². The summed E-state index contributed by atoms with van der Waals surface area (Å²) in [6, 6.07) is 18.2. The predicted octanol–water partition coefficient (Wildman–Crippen LogP) is 3.46. The van der Waals surface area contributed by atoms with Gasteiger partial charge in [0, 0.05) is 12.5 Å². The van der Waals surface area contributed by atoms with Gasteiger partial charge in [-0.3, -0.25) is 0 Å². The summed E-state index contributed by atoms with van der Waals surface area (Å²) in [7, 11) is 0. The quantitative estimate of drug-likeness (QED) is 0.870. The molecule has 0 saturated carbocycles. The van der Waals surface area contributed by atoms with Gasteiger partial charge in [0.2, 0.25) is 0 Å². The maximum absolute atomic E-state index is 6.11. The highest BCUT2D eigenvalue weighted by molar-refractivity contribution is 5.27. The Balaban J connectivity index is 1.82. The van der Waals surface area contributed by atoms with Gasteiger partial charge >= 0.3 is 0 Å². The Morgan fingerprint density at radius 3 is 2.56 bits per heavy atom. The molecule has 2 nitrogen and oxygen atoms in total. The Bertz CT molecular complexity index is 481. The molecule has 0 radical (unpaired) electrons. The standard InChI is InChI=1S/C16H19NO/c1-13-6-5-9-15(12-13)18-11-10-16(17)14-7-3-2-4-8-14/h2-9,12,16H,10-11,17H2,1H3. The summed E-state index contributed by atoms with van der Waals surface area (Å²) < 4.78 is 5.70. The number of hydrogen-bond donors (Lipinski definition) is 1. The lowest BCUT2D eigenvalue weighted by Crippen LogP contribution is -2.14. The van der Waals surface area contributed by atoms with Crippen LogP contribution in [0.2, 0.25) is 0 Å². The molecule has 18 heavy (non-hydrogen) atoms. The van der Waals surface area contributed by atoms with Gasteiger partial charge < -0.3 is 10.5 Å². The van der Waals surface area contributed by atoms with Crippen LogP contribution >= 0.6 is 0 Å². The van der Waals surface area contributed by atoms with E-state index in [0.717, 1.165) is 17.7 Å². The molecule has 0 saturated heterocycles. The molecule has 2 rings (SSSR count). The van der Waals surface area contributed by atoms with Gasteiger partial charge in [-0.15, -0.1) is 0 Å². The SMILES string of the molecule is Cc1cccc(OCCC(N)c2ccccc2)c1. The molecule has 0 spiro atoms. The number of rotatable bonds is 5. The first-order valence-electron chi connectivity index (χ1n) is 6.26. The summed E-state index contributed by atoms with van der Waals surface area (Å²) >= 11 is 0. The van der Waals surface area contributed by atoms with Crippen molar-refractivity contribution in [1.29, 1.82) is 0 Å². The molecule has 2 aromatic carbocycles. The van der Waals surface area contributed by atoms with Crippen molar-refractivity contribution in [1.82, 2.24) is 0 Å². The van der Waals surface area contributed by atoms with Gasteiger partial charge in [0.1, 0.15) is 5.75 Å². The second-order valence-corrected chi connectivity index (χ2v) is 4.47. The molecule has 1 atom stereocenters. The van der Waals surface area contributed by atoms with Crippen molar-refractivity contribution in [2.75, 3.05) is 6.61 Å². The molecule has 2 heteroatoms. The van der Waals surface area contributed by atoms with E-state index in [1.165, 1.54) is 5.56 Å². The van der Waals surface area contributed by atoms with Crippen LogP contribution in [0.4, 0.5) is 0 Å². The molecule has 0 amide bonds. The van der Waals surface area contributed by atoms with Gasteiger partial charge in [0.05, 0.1) is 6.61 Å². The summed E-state index contributed by atoms with van der Waals surface area (Å²) in [5.41, 5.74) is 8.47. The average molecular weight is 241 g/mol. The van der Waals surface area contributed by atoms with Crippen molar-refractivity contribution in [2.45, 2.75) is 19.4 Å². The lowest BCUT2D eigenvalue weighted by molar-refractivity contribution is 0.298. The average Bonchev–Trinajstić information content (AvgIpc) is 2.40. The van der Waals surface area contributed by atoms with E-state index in [1.54, 1.807) is 0 Å². The first-order chi connectivity index (χ1) is 8.75. The smallest absolute Gasteiger partial charge is 0.119 e. The van der Waals surface area contributed by atoms with Crippen LogP contribution in [0, 0.1) is 6.92 Å². The highest BCUT2D eigenvalue weighted by Gasteiger charge is 2.05. The van der Waals surface area contributed by atoms with Crippen LogP contribution < -0.4 is 10.5 Å². The zero-order valence-corrected chi connectivity index (χ0v) is 10.7. The van der Waals surface area contributed by atoms with Crippen molar-refractivity contribution in [3.63, 3.8) is 0 Å². The fraction of sp³-hybridized carbons (Fsp3) is 0.250. The van der Waals surface area contributed by atoms with E-state index in [2.05, 4.69) is 25.1 Å². The van der Waals surface area contributed by atoms with Crippen LogP contribution in [0.15, 0.2) is 54.6 Å². The molecule has 94 valence electrons. The number of ether oxygens (including phenoxy) is 1. The van der Waals surface area contributed by atoms with Crippen molar-refractivity contribution in [3.05, 3.63) is 65.7 Å². The Labute approximate surface area is 108 Å². The molecule has 0 aliphatic rings. The number of benzene rings is 2. The topological polar surface area (TPSA) is 35.2 Å². The zero-order chi connectivity index (χ0) is 12.8. The molecule has 1 unspecified atom stereocenters. The third-order valence-electron chi connectivity index (χ3n) is 2.91.